The van der Waals surface area contributed by atoms with Crippen LogP contribution < -0.4 is 0 Å². The number of hydrogen-bond donors (Lipinski definition) is 0. The predicted molar refractivity (Wildman–Crippen MR) is 173 cm³/mol. The highest BCUT2D eigenvalue weighted by Gasteiger charge is 2.12. The molecule has 0 bridgehead atoms. The van der Waals surface area contributed by atoms with E-state index < -0.39 is 0 Å². The summed E-state index contributed by atoms with van der Waals surface area (Å²) in [6.45, 7) is 6.78. The SMILES string of the molecule is CCCCCCCCn1c2ccccc2sc2cc3c(cc21)sc1ccccc1n3CCCCCCCC. The number of fused-ring (bicyclic) bond motifs is 4. The van der Waals surface area contributed by atoms with E-state index in [-0.39, 0.29) is 0 Å². The van der Waals surface area contributed by atoms with Crippen LogP contribution in [0.1, 0.15) is 90.9 Å². The molecule has 5 rings (SSSR count). The topological polar surface area (TPSA) is 9.86 Å². The average molecular weight is 545 g/mol. The molecule has 202 valence electrons. The van der Waals surface area contributed by atoms with Crippen molar-refractivity contribution in [2.75, 3.05) is 0 Å². The zero-order valence-electron chi connectivity index (χ0n) is 23.4. The summed E-state index contributed by atoms with van der Waals surface area (Å²) in [5.74, 6) is 0. The second-order valence-electron chi connectivity index (χ2n) is 10.8. The number of unbranched alkanes of at least 4 members (excludes halogenated alkanes) is 10. The van der Waals surface area contributed by atoms with E-state index in [4.69, 9.17) is 0 Å². The molecule has 0 N–H and O–H groups in total. The molecule has 0 saturated carbocycles. The molecular weight excluding hydrogens is 501 g/mol. The van der Waals surface area contributed by atoms with Crippen molar-refractivity contribution in [1.82, 2.24) is 9.13 Å². The zero-order chi connectivity index (χ0) is 26.2. The van der Waals surface area contributed by atoms with Crippen LogP contribution in [0.2, 0.25) is 0 Å². The van der Waals surface area contributed by atoms with Gasteiger partial charge in [0, 0.05) is 13.1 Å². The number of aryl methyl sites for hydroxylation is 2. The minimum atomic E-state index is 1.10. The van der Waals surface area contributed by atoms with Crippen molar-refractivity contribution >= 4 is 63.5 Å². The van der Waals surface area contributed by atoms with Crippen molar-refractivity contribution in [3.05, 3.63) is 60.7 Å². The Hall–Kier alpha value is -2.30. The first-order valence-corrected chi connectivity index (χ1v) is 16.7. The van der Waals surface area contributed by atoms with Crippen molar-refractivity contribution in [2.24, 2.45) is 0 Å². The lowest BCUT2D eigenvalue weighted by atomic mass is 10.1. The predicted octanol–water partition coefficient (Wildman–Crippen LogP) is 11.9. The van der Waals surface area contributed by atoms with Gasteiger partial charge in [0.15, 0.2) is 0 Å². The van der Waals surface area contributed by atoms with Gasteiger partial charge < -0.3 is 9.13 Å². The summed E-state index contributed by atoms with van der Waals surface area (Å²) in [6, 6.07) is 23.0. The summed E-state index contributed by atoms with van der Waals surface area (Å²) in [7, 11) is 0. The Morgan fingerprint density at radius 2 is 0.842 bits per heavy atom. The van der Waals surface area contributed by atoms with Crippen LogP contribution in [0.25, 0.3) is 40.9 Å². The fraction of sp³-hybridized carbons (Fsp3) is 0.471. The van der Waals surface area contributed by atoms with E-state index in [1.54, 1.807) is 0 Å². The van der Waals surface area contributed by atoms with Crippen molar-refractivity contribution in [1.29, 1.82) is 0 Å². The van der Waals surface area contributed by atoms with Gasteiger partial charge in [-0.3, -0.25) is 0 Å². The fourth-order valence-electron chi connectivity index (χ4n) is 5.74. The van der Waals surface area contributed by atoms with Crippen LogP contribution in [0.4, 0.5) is 0 Å². The lowest BCUT2D eigenvalue weighted by Crippen LogP contribution is -2.05. The number of rotatable bonds is 14. The van der Waals surface area contributed by atoms with Gasteiger partial charge >= 0.3 is 0 Å². The van der Waals surface area contributed by atoms with Gasteiger partial charge in [-0.2, -0.15) is 0 Å². The van der Waals surface area contributed by atoms with Crippen LogP contribution >= 0.6 is 22.7 Å². The standard InChI is InChI=1S/C34H44N2S2/c1-3-5-7-9-11-17-23-35-27-19-13-15-21-31(27)37-33-26-30-34(25-29(33)35)38-32-22-16-14-20-28(32)36(30)24-18-12-10-8-6-4-2/h13-16,19-22,25-26H,3-12,17-18,23-24H2,1-2H3. The van der Waals surface area contributed by atoms with E-state index in [2.05, 4.69) is 83.6 Å². The molecule has 0 fully saturated rings. The third kappa shape index (κ3) is 6.29. The Kier molecular flexibility index (Phi) is 9.81. The molecule has 3 aromatic carbocycles. The van der Waals surface area contributed by atoms with Crippen molar-refractivity contribution < 1.29 is 0 Å². The van der Waals surface area contributed by atoms with E-state index in [0.29, 0.717) is 0 Å². The van der Waals surface area contributed by atoms with E-state index in [9.17, 15) is 0 Å². The van der Waals surface area contributed by atoms with Crippen LogP contribution in [0.15, 0.2) is 60.7 Å². The highest BCUT2D eigenvalue weighted by molar-refractivity contribution is 7.25. The molecule has 0 aliphatic carbocycles. The third-order valence-electron chi connectivity index (χ3n) is 7.84. The van der Waals surface area contributed by atoms with E-state index in [1.165, 1.54) is 118 Å². The average Bonchev–Trinajstić information content (AvgIpc) is 2.95. The molecule has 2 nitrogen and oxygen atoms in total. The van der Waals surface area contributed by atoms with Crippen molar-refractivity contribution in [3.63, 3.8) is 0 Å². The van der Waals surface area contributed by atoms with Gasteiger partial charge in [0.1, 0.15) is 0 Å². The smallest absolute Gasteiger partial charge is 0.0602 e. The molecule has 4 heteroatoms. The van der Waals surface area contributed by atoms with E-state index >= 15 is 0 Å². The summed E-state index contributed by atoms with van der Waals surface area (Å²) in [5, 5.41) is 0. The molecule has 0 saturated heterocycles. The minimum Gasteiger partial charge on any atom is -0.339 e. The maximum Gasteiger partial charge on any atom is 0.0602 e. The second-order valence-corrected chi connectivity index (χ2v) is 12.9. The Labute approximate surface area is 236 Å². The van der Waals surface area contributed by atoms with Crippen molar-refractivity contribution in [3.8, 4) is 0 Å². The van der Waals surface area contributed by atoms with Gasteiger partial charge in [0.05, 0.1) is 40.9 Å². The van der Waals surface area contributed by atoms with E-state index in [1.807, 2.05) is 22.7 Å². The van der Waals surface area contributed by atoms with Crippen LogP contribution in [-0.2, 0) is 13.1 Å². The minimum absolute atomic E-state index is 1.10. The summed E-state index contributed by atoms with van der Waals surface area (Å²) >= 11 is 3.91. The molecule has 2 heterocycles. The zero-order valence-corrected chi connectivity index (χ0v) is 25.0. The summed E-state index contributed by atoms with van der Waals surface area (Å²) < 4.78 is 10.8. The Bertz CT molecular complexity index is 1400. The number of hydrogen-bond acceptors (Lipinski definition) is 2. The lowest BCUT2D eigenvalue weighted by molar-refractivity contribution is 0.570. The molecule has 0 spiro atoms. The van der Waals surface area contributed by atoms with Gasteiger partial charge in [0.2, 0.25) is 0 Å². The molecule has 2 aromatic heterocycles. The van der Waals surface area contributed by atoms with Crippen LogP contribution in [-0.4, -0.2) is 9.13 Å². The first-order valence-electron chi connectivity index (χ1n) is 15.1. The molecular formula is C34H44N2S2. The third-order valence-corrected chi connectivity index (χ3v) is 10.1. The monoisotopic (exact) mass is 544 g/mol. The lowest BCUT2D eigenvalue weighted by Gasteiger charge is -2.19. The van der Waals surface area contributed by atoms with E-state index in [0.717, 1.165) is 13.1 Å². The Morgan fingerprint density at radius 3 is 1.29 bits per heavy atom. The summed E-state index contributed by atoms with van der Waals surface area (Å²) in [4.78, 5) is 0. The highest BCUT2D eigenvalue weighted by Crippen LogP contribution is 2.36. The maximum atomic E-state index is 2.61. The van der Waals surface area contributed by atoms with Gasteiger partial charge in [-0.1, -0.05) is 102 Å². The second kappa shape index (κ2) is 13.7. The number of benzene rings is 3. The largest absolute Gasteiger partial charge is 0.339 e. The molecule has 0 unspecified atom stereocenters. The van der Waals surface area contributed by atoms with Crippen LogP contribution in [0.3, 0.4) is 0 Å². The van der Waals surface area contributed by atoms with Gasteiger partial charge in [-0.15, -0.1) is 22.7 Å². The molecule has 5 aromatic rings. The molecule has 0 radical (unpaired) electrons. The van der Waals surface area contributed by atoms with Crippen LogP contribution in [0.5, 0.6) is 0 Å². The number of para-hydroxylation sites is 2. The molecule has 0 amide bonds. The first-order chi connectivity index (χ1) is 18.8. The molecule has 0 aliphatic heterocycles. The molecule has 0 aliphatic rings. The van der Waals surface area contributed by atoms with Gasteiger partial charge in [-0.05, 0) is 49.2 Å². The Balaban J connectivity index is 1.55. The summed E-state index contributed by atoms with van der Waals surface area (Å²) in [5.41, 5.74) is 5.55. The quantitative estimate of drug-likeness (QED) is 0.0971. The normalized spacial score (nSPS) is 11.8. The first kappa shape index (κ1) is 27.3. The number of nitrogens with zero attached hydrogens (tertiary/aromatic N) is 2. The fourth-order valence-corrected chi connectivity index (χ4v) is 7.96. The van der Waals surface area contributed by atoms with Gasteiger partial charge in [-0.25, -0.2) is 0 Å². The number of aromatic nitrogens is 2. The van der Waals surface area contributed by atoms with Gasteiger partial charge in [0.25, 0.3) is 0 Å². The Morgan fingerprint density at radius 1 is 0.447 bits per heavy atom. The molecule has 0 atom stereocenters. The van der Waals surface area contributed by atoms with Crippen molar-refractivity contribution in [2.45, 2.75) is 104 Å². The highest BCUT2D eigenvalue weighted by atomic mass is 32.1. The molecule has 38 heavy (non-hydrogen) atoms. The maximum absolute atomic E-state index is 2.61. The summed E-state index contributed by atoms with van der Waals surface area (Å²) in [6.07, 6.45) is 16.0. The van der Waals surface area contributed by atoms with Crippen LogP contribution in [0, 0.1) is 0 Å².